The summed E-state index contributed by atoms with van der Waals surface area (Å²) in [6.07, 6.45) is 5.49. The number of benzene rings is 1. The van der Waals surface area contributed by atoms with Crippen LogP contribution < -0.4 is 15.5 Å². The smallest absolute Gasteiger partial charge is 0.319 e. The third-order valence-corrected chi connectivity index (χ3v) is 4.69. The topological polar surface area (TPSA) is 83.3 Å². The Hall–Kier alpha value is -3.16. The fourth-order valence-electron chi connectivity index (χ4n) is 3.21. The van der Waals surface area contributed by atoms with Crippen LogP contribution in [0.1, 0.15) is 24.2 Å². The van der Waals surface area contributed by atoms with E-state index >= 15 is 0 Å². The molecule has 0 radical (unpaired) electrons. The summed E-state index contributed by atoms with van der Waals surface area (Å²) in [5, 5.41) is 6.13. The van der Waals surface area contributed by atoms with Crippen molar-refractivity contribution in [2.24, 2.45) is 0 Å². The van der Waals surface area contributed by atoms with Crippen molar-refractivity contribution in [1.82, 2.24) is 15.3 Å². The first-order valence-electron chi connectivity index (χ1n) is 8.89. The lowest BCUT2D eigenvalue weighted by atomic mass is 10.1. The van der Waals surface area contributed by atoms with Gasteiger partial charge in [-0.25, -0.2) is 19.2 Å². The summed E-state index contributed by atoms with van der Waals surface area (Å²) in [6.45, 7) is 3.97. The third kappa shape index (κ3) is 3.69. The Kier molecular flexibility index (Phi) is 4.62. The predicted octanol–water partition coefficient (Wildman–Crippen LogP) is 3.59. The molecule has 3 aromatic rings. The number of amides is 2. The van der Waals surface area contributed by atoms with Crippen molar-refractivity contribution in [2.75, 3.05) is 23.3 Å². The Balaban J connectivity index is 1.36. The van der Waals surface area contributed by atoms with Crippen LogP contribution >= 0.6 is 0 Å². The molecule has 0 atom stereocenters. The highest BCUT2D eigenvalue weighted by Crippen LogP contribution is 2.25. The summed E-state index contributed by atoms with van der Waals surface area (Å²) in [4.78, 5) is 22.8. The Bertz CT molecular complexity index is 964. The molecule has 0 aliphatic carbocycles. The number of hydrogen-bond acceptors (Lipinski definition) is 5. The van der Waals surface area contributed by atoms with Gasteiger partial charge in [-0.1, -0.05) is 0 Å². The minimum atomic E-state index is -0.390. The number of anilines is 2. The van der Waals surface area contributed by atoms with Crippen LogP contribution in [0.3, 0.4) is 0 Å². The zero-order chi connectivity index (χ0) is 18.8. The van der Waals surface area contributed by atoms with Gasteiger partial charge in [-0.05, 0) is 38.0 Å². The third-order valence-electron chi connectivity index (χ3n) is 4.69. The van der Waals surface area contributed by atoms with Crippen LogP contribution in [0.4, 0.5) is 20.8 Å². The molecule has 4 rings (SSSR count). The minimum Gasteiger partial charge on any atom is -0.459 e. The second kappa shape index (κ2) is 7.22. The van der Waals surface area contributed by atoms with Gasteiger partial charge in [0.2, 0.25) is 5.95 Å². The largest absolute Gasteiger partial charge is 0.459 e. The summed E-state index contributed by atoms with van der Waals surface area (Å²) in [5.41, 5.74) is 1.92. The van der Waals surface area contributed by atoms with Crippen LogP contribution in [-0.4, -0.2) is 29.1 Å². The lowest BCUT2D eigenvalue weighted by Crippen LogP contribution is -2.28. The number of carbonyl (C=O) groups is 1. The molecular formula is C19H20FN5O2. The molecule has 8 heteroatoms. The molecule has 1 aliphatic rings. The van der Waals surface area contributed by atoms with E-state index in [2.05, 4.69) is 25.5 Å². The average Bonchev–Trinajstić information content (AvgIpc) is 3.30. The van der Waals surface area contributed by atoms with Gasteiger partial charge in [0.05, 0.1) is 24.6 Å². The number of hydrogen-bond donors (Lipinski definition) is 2. The van der Waals surface area contributed by atoms with Crippen LogP contribution in [0.15, 0.2) is 35.0 Å². The molecule has 2 aromatic heterocycles. The number of fused-ring (bicyclic) bond motifs is 1. The van der Waals surface area contributed by atoms with Crippen LogP contribution in [0.2, 0.25) is 0 Å². The molecule has 1 aromatic carbocycles. The normalized spacial score (nSPS) is 13.9. The second-order valence-corrected chi connectivity index (χ2v) is 6.56. The molecule has 0 saturated carbocycles. The molecule has 27 heavy (non-hydrogen) atoms. The van der Waals surface area contributed by atoms with E-state index in [-0.39, 0.29) is 12.4 Å². The Labute approximate surface area is 155 Å². The molecule has 0 spiro atoms. The SMILES string of the molecule is Cc1c(CNC(=O)Nc2cnc(N3CCCC3)nc2)oc2ccc(F)cc12. The number of rotatable bonds is 4. The molecule has 2 N–H and O–H groups in total. The van der Waals surface area contributed by atoms with E-state index in [1.165, 1.54) is 12.1 Å². The first-order valence-corrected chi connectivity index (χ1v) is 8.89. The van der Waals surface area contributed by atoms with E-state index in [0.29, 0.717) is 28.4 Å². The van der Waals surface area contributed by atoms with Crippen LogP contribution in [0.25, 0.3) is 11.0 Å². The van der Waals surface area contributed by atoms with E-state index in [1.54, 1.807) is 18.5 Å². The minimum absolute atomic E-state index is 0.195. The molecule has 7 nitrogen and oxygen atoms in total. The van der Waals surface area contributed by atoms with Crippen LogP contribution in [-0.2, 0) is 6.54 Å². The first kappa shape index (κ1) is 17.3. The first-order chi connectivity index (χ1) is 13.1. The van der Waals surface area contributed by atoms with E-state index in [9.17, 15) is 9.18 Å². The maximum atomic E-state index is 13.4. The van der Waals surface area contributed by atoms with Gasteiger partial charge in [0.25, 0.3) is 0 Å². The number of furan rings is 1. The Morgan fingerprint density at radius 3 is 2.74 bits per heavy atom. The number of urea groups is 1. The number of aryl methyl sites for hydroxylation is 1. The fourth-order valence-corrected chi connectivity index (χ4v) is 3.21. The molecule has 0 unspecified atom stereocenters. The highest BCUT2D eigenvalue weighted by Gasteiger charge is 2.15. The van der Waals surface area contributed by atoms with Gasteiger partial charge in [-0.3, -0.25) is 0 Å². The maximum absolute atomic E-state index is 13.4. The van der Waals surface area contributed by atoms with E-state index in [0.717, 1.165) is 31.5 Å². The van der Waals surface area contributed by atoms with Gasteiger partial charge >= 0.3 is 6.03 Å². The highest BCUT2D eigenvalue weighted by molar-refractivity contribution is 5.89. The molecule has 1 aliphatic heterocycles. The van der Waals surface area contributed by atoms with Crippen LogP contribution in [0.5, 0.6) is 0 Å². The van der Waals surface area contributed by atoms with Gasteiger partial charge < -0.3 is 20.0 Å². The summed E-state index contributed by atoms with van der Waals surface area (Å²) in [6, 6.07) is 3.97. The molecule has 0 bridgehead atoms. The second-order valence-electron chi connectivity index (χ2n) is 6.56. The lowest BCUT2D eigenvalue weighted by molar-refractivity contribution is 0.251. The lowest BCUT2D eigenvalue weighted by Gasteiger charge is -2.14. The molecule has 3 heterocycles. The summed E-state index contributed by atoms with van der Waals surface area (Å²) in [5.74, 6) is 0.955. The monoisotopic (exact) mass is 369 g/mol. The number of aromatic nitrogens is 2. The maximum Gasteiger partial charge on any atom is 0.319 e. The van der Waals surface area contributed by atoms with Crippen molar-refractivity contribution in [2.45, 2.75) is 26.3 Å². The summed E-state index contributed by atoms with van der Waals surface area (Å²) in [7, 11) is 0. The van der Waals surface area contributed by atoms with E-state index in [4.69, 9.17) is 4.42 Å². The summed E-state index contributed by atoms with van der Waals surface area (Å²) < 4.78 is 19.1. The molecule has 2 amide bonds. The van der Waals surface area contributed by atoms with Gasteiger partial charge in [0.1, 0.15) is 17.2 Å². The van der Waals surface area contributed by atoms with E-state index < -0.39 is 6.03 Å². The fraction of sp³-hybridized carbons (Fsp3) is 0.316. The summed E-state index contributed by atoms with van der Waals surface area (Å²) >= 11 is 0. The average molecular weight is 369 g/mol. The molecular weight excluding hydrogens is 349 g/mol. The van der Waals surface area contributed by atoms with E-state index in [1.807, 2.05) is 6.92 Å². The highest BCUT2D eigenvalue weighted by atomic mass is 19.1. The van der Waals surface area contributed by atoms with Gasteiger partial charge in [-0.2, -0.15) is 0 Å². The molecule has 140 valence electrons. The van der Waals surface area contributed by atoms with Gasteiger partial charge in [-0.15, -0.1) is 0 Å². The van der Waals surface area contributed by atoms with Crippen LogP contribution in [0, 0.1) is 12.7 Å². The Morgan fingerprint density at radius 1 is 1.26 bits per heavy atom. The zero-order valence-electron chi connectivity index (χ0n) is 15.0. The van der Waals surface area contributed by atoms with Crippen molar-refractivity contribution in [3.8, 4) is 0 Å². The van der Waals surface area contributed by atoms with Crippen molar-refractivity contribution < 1.29 is 13.6 Å². The standard InChI is InChI=1S/C19H20FN5O2/c1-12-15-8-13(20)4-5-16(15)27-17(12)11-23-19(26)24-14-9-21-18(22-10-14)25-6-2-3-7-25/h4-5,8-10H,2-3,6-7,11H2,1H3,(H2,23,24,26). The van der Waals surface area contributed by atoms with Gasteiger partial charge in [0, 0.05) is 24.0 Å². The zero-order valence-corrected chi connectivity index (χ0v) is 15.0. The number of carbonyl (C=O) groups excluding carboxylic acids is 1. The predicted molar refractivity (Wildman–Crippen MR) is 100 cm³/mol. The Morgan fingerprint density at radius 2 is 2.00 bits per heavy atom. The molecule has 1 fully saturated rings. The van der Waals surface area contributed by atoms with Crippen molar-refractivity contribution >= 4 is 28.6 Å². The van der Waals surface area contributed by atoms with Gasteiger partial charge in [0.15, 0.2) is 0 Å². The number of nitrogens with zero attached hydrogens (tertiary/aromatic N) is 3. The number of nitrogens with one attached hydrogen (secondary N) is 2. The van der Waals surface area contributed by atoms with Crippen molar-refractivity contribution in [1.29, 1.82) is 0 Å². The number of halogens is 1. The van der Waals surface area contributed by atoms with Crippen molar-refractivity contribution in [3.63, 3.8) is 0 Å². The quantitative estimate of drug-likeness (QED) is 0.734. The molecule has 1 saturated heterocycles. The van der Waals surface area contributed by atoms with Crippen molar-refractivity contribution in [3.05, 3.63) is 47.7 Å².